The smallest absolute Gasteiger partial charge is 0.372 e. The first kappa shape index (κ1) is 12.2. The highest BCUT2D eigenvalue weighted by molar-refractivity contribution is 5.86. The van der Waals surface area contributed by atoms with E-state index in [4.69, 9.17) is 14.3 Å². The number of hydrogen-bond donors (Lipinski definition) is 1. The van der Waals surface area contributed by atoms with E-state index in [0.717, 1.165) is 12.8 Å². The summed E-state index contributed by atoms with van der Waals surface area (Å²) in [5, 5.41) is 8.86. The topological polar surface area (TPSA) is 59.7 Å². The minimum Gasteiger partial charge on any atom is -0.475 e. The van der Waals surface area contributed by atoms with E-state index in [1.807, 2.05) is 0 Å². The molecule has 1 aromatic rings. The molecule has 1 aliphatic rings. The van der Waals surface area contributed by atoms with E-state index >= 15 is 0 Å². The van der Waals surface area contributed by atoms with Crippen LogP contribution in [-0.4, -0.2) is 17.2 Å². The van der Waals surface area contributed by atoms with Crippen molar-refractivity contribution in [2.45, 2.75) is 51.7 Å². The van der Waals surface area contributed by atoms with E-state index in [1.165, 1.54) is 19.3 Å². The first-order valence-electron chi connectivity index (χ1n) is 6.11. The Kier molecular flexibility index (Phi) is 3.84. The normalized spacial score (nSPS) is 17.2. The molecule has 1 aliphatic carbocycles. The van der Waals surface area contributed by atoms with Gasteiger partial charge in [-0.1, -0.05) is 19.3 Å². The number of hydrogen-bond acceptors (Lipinski definition) is 3. The van der Waals surface area contributed by atoms with Gasteiger partial charge in [-0.25, -0.2) is 4.79 Å². The molecular formula is C13H18O4. The van der Waals surface area contributed by atoms with Crippen molar-refractivity contribution in [1.82, 2.24) is 0 Å². The average molecular weight is 238 g/mol. The highest BCUT2D eigenvalue weighted by Crippen LogP contribution is 2.22. The van der Waals surface area contributed by atoms with Crippen LogP contribution in [0.15, 0.2) is 10.5 Å². The SMILES string of the molecule is Cc1cc(COC2CCCCC2)oc1C(=O)O. The zero-order valence-electron chi connectivity index (χ0n) is 10.1. The van der Waals surface area contributed by atoms with E-state index in [-0.39, 0.29) is 5.76 Å². The number of furan rings is 1. The molecule has 2 rings (SSSR count). The number of carboxylic acid groups (broad SMARTS) is 1. The largest absolute Gasteiger partial charge is 0.475 e. The van der Waals surface area contributed by atoms with E-state index in [1.54, 1.807) is 13.0 Å². The molecule has 0 spiro atoms. The summed E-state index contributed by atoms with van der Waals surface area (Å²) in [6.45, 7) is 2.11. The van der Waals surface area contributed by atoms with Crippen LogP contribution in [0.3, 0.4) is 0 Å². The Morgan fingerprint density at radius 1 is 1.47 bits per heavy atom. The summed E-state index contributed by atoms with van der Waals surface area (Å²) in [6, 6.07) is 1.74. The van der Waals surface area contributed by atoms with Crippen molar-refractivity contribution in [2.75, 3.05) is 0 Å². The maximum Gasteiger partial charge on any atom is 0.372 e. The third-order valence-corrected chi connectivity index (χ3v) is 3.18. The Morgan fingerprint density at radius 2 is 2.18 bits per heavy atom. The maximum absolute atomic E-state index is 10.8. The lowest BCUT2D eigenvalue weighted by atomic mass is 9.98. The Bertz CT molecular complexity index is 388. The van der Waals surface area contributed by atoms with Crippen LogP contribution in [0.4, 0.5) is 0 Å². The second-order valence-corrected chi connectivity index (χ2v) is 4.60. The van der Waals surface area contributed by atoms with Gasteiger partial charge in [0.1, 0.15) is 12.4 Å². The molecule has 17 heavy (non-hydrogen) atoms. The summed E-state index contributed by atoms with van der Waals surface area (Å²) in [4.78, 5) is 10.8. The third kappa shape index (κ3) is 3.09. The molecule has 0 saturated heterocycles. The number of carboxylic acids is 1. The molecule has 0 unspecified atom stereocenters. The van der Waals surface area contributed by atoms with Crippen LogP contribution in [0.1, 0.15) is 54.0 Å². The zero-order chi connectivity index (χ0) is 12.3. The molecule has 4 heteroatoms. The van der Waals surface area contributed by atoms with Gasteiger partial charge in [-0.05, 0) is 25.8 Å². The number of rotatable bonds is 4. The van der Waals surface area contributed by atoms with Crippen LogP contribution in [0.25, 0.3) is 0 Å². The van der Waals surface area contributed by atoms with Crippen molar-refractivity contribution < 1.29 is 19.1 Å². The Morgan fingerprint density at radius 3 is 2.76 bits per heavy atom. The van der Waals surface area contributed by atoms with Gasteiger partial charge in [0.15, 0.2) is 0 Å². The molecule has 1 saturated carbocycles. The van der Waals surface area contributed by atoms with Crippen LogP contribution < -0.4 is 0 Å². The fourth-order valence-corrected chi connectivity index (χ4v) is 2.26. The summed E-state index contributed by atoms with van der Waals surface area (Å²) in [5.74, 6) is -0.399. The lowest BCUT2D eigenvalue weighted by molar-refractivity contribution is 0.00816. The maximum atomic E-state index is 10.8. The van der Waals surface area contributed by atoms with Gasteiger partial charge in [-0.3, -0.25) is 0 Å². The van der Waals surface area contributed by atoms with Crippen LogP contribution in [-0.2, 0) is 11.3 Å². The molecule has 0 amide bonds. The van der Waals surface area contributed by atoms with Crippen molar-refractivity contribution in [1.29, 1.82) is 0 Å². The van der Waals surface area contributed by atoms with Crippen molar-refractivity contribution in [3.63, 3.8) is 0 Å². The highest BCUT2D eigenvalue weighted by Gasteiger charge is 2.17. The molecule has 4 nitrogen and oxygen atoms in total. The summed E-state index contributed by atoms with van der Waals surface area (Å²) in [6.07, 6.45) is 6.26. The molecule has 0 aromatic carbocycles. The lowest BCUT2D eigenvalue weighted by Crippen LogP contribution is -2.16. The van der Waals surface area contributed by atoms with Crippen molar-refractivity contribution >= 4 is 5.97 Å². The first-order valence-corrected chi connectivity index (χ1v) is 6.11. The third-order valence-electron chi connectivity index (χ3n) is 3.18. The Balaban J connectivity index is 1.90. The minimum atomic E-state index is -1.02. The van der Waals surface area contributed by atoms with Crippen LogP contribution >= 0.6 is 0 Å². The molecule has 1 heterocycles. The molecule has 1 aromatic heterocycles. The van der Waals surface area contributed by atoms with Crippen molar-refractivity contribution in [3.05, 3.63) is 23.2 Å². The van der Waals surface area contributed by atoms with Crippen LogP contribution in [0.5, 0.6) is 0 Å². The van der Waals surface area contributed by atoms with Gasteiger partial charge in [0.2, 0.25) is 5.76 Å². The van der Waals surface area contributed by atoms with Gasteiger partial charge in [0.05, 0.1) is 6.10 Å². The standard InChI is InChI=1S/C13H18O4/c1-9-7-11(17-12(9)13(14)15)8-16-10-5-3-2-4-6-10/h7,10H,2-6,8H2,1H3,(H,14,15). The van der Waals surface area contributed by atoms with Crippen LogP contribution in [0, 0.1) is 6.92 Å². The minimum absolute atomic E-state index is 0.0206. The number of carbonyl (C=O) groups is 1. The molecule has 1 N–H and O–H groups in total. The van der Waals surface area contributed by atoms with Gasteiger partial charge in [-0.2, -0.15) is 0 Å². The second-order valence-electron chi connectivity index (χ2n) is 4.60. The number of aryl methyl sites for hydroxylation is 1. The molecule has 94 valence electrons. The van der Waals surface area contributed by atoms with Gasteiger partial charge in [-0.15, -0.1) is 0 Å². The Labute approximate surface area is 101 Å². The van der Waals surface area contributed by atoms with Crippen LogP contribution in [0.2, 0.25) is 0 Å². The van der Waals surface area contributed by atoms with E-state index in [2.05, 4.69) is 0 Å². The fraction of sp³-hybridized carbons (Fsp3) is 0.615. The molecule has 0 bridgehead atoms. The summed E-state index contributed by atoms with van der Waals surface area (Å²) in [5.41, 5.74) is 0.653. The number of ether oxygens (including phenoxy) is 1. The summed E-state index contributed by atoms with van der Waals surface area (Å²) < 4.78 is 11.0. The van der Waals surface area contributed by atoms with Gasteiger partial charge >= 0.3 is 5.97 Å². The predicted molar refractivity (Wildman–Crippen MR) is 62.1 cm³/mol. The van der Waals surface area contributed by atoms with E-state index < -0.39 is 5.97 Å². The first-order chi connectivity index (χ1) is 8.16. The lowest BCUT2D eigenvalue weighted by Gasteiger charge is -2.21. The monoisotopic (exact) mass is 238 g/mol. The quantitative estimate of drug-likeness (QED) is 0.875. The van der Waals surface area contributed by atoms with E-state index in [0.29, 0.717) is 24.0 Å². The molecule has 1 fully saturated rings. The molecule has 0 atom stereocenters. The Hall–Kier alpha value is -1.29. The van der Waals surface area contributed by atoms with Crippen molar-refractivity contribution in [2.24, 2.45) is 0 Å². The fourth-order valence-electron chi connectivity index (χ4n) is 2.26. The van der Waals surface area contributed by atoms with E-state index in [9.17, 15) is 4.79 Å². The second kappa shape index (κ2) is 5.36. The van der Waals surface area contributed by atoms with Gasteiger partial charge < -0.3 is 14.3 Å². The molecule has 0 aliphatic heterocycles. The predicted octanol–water partition coefficient (Wildman–Crippen LogP) is 3.14. The van der Waals surface area contributed by atoms with Crippen molar-refractivity contribution in [3.8, 4) is 0 Å². The van der Waals surface area contributed by atoms with Gasteiger partial charge in [0.25, 0.3) is 0 Å². The zero-order valence-corrected chi connectivity index (χ0v) is 10.1. The summed E-state index contributed by atoms with van der Waals surface area (Å²) in [7, 11) is 0. The van der Waals surface area contributed by atoms with Gasteiger partial charge in [0, 0.05) is 5.56 Å². The summed E-state index contributed by atoms with van der Waals surface area (Å²) >= 11 is 0. The average Bonchev–Trinajstić information content (AvgIpc) is 2.69. The number of aromatic carboxylic acids is 1. The molecule has 0 radical (unpaired) electrons. The highest BCUT2D eigenvalue weighted by atomic mass is 16.5. The molecular weight excluding hydrogens is 220 g/mol.